The number of nitrogens with zero attached hydrogens (tertiary/aromatic N) is 4. The number of aryl methyl sites for hydroxylation is 1. The van der Waals surface area contributed by atoms with E-state index in [1.165, 1.54) is 4.68 Å². The summed E-state index contributed by atoms with van der Waals surface area (Å²) in [5, 5.41) is 13.6. The zero-order valence-corrected chi connectivity index (χ0v) is 13.1. The molecule has 9 heteroatoms. The molecule has 0 saturated heterocycles. The Hall–Kier alpha value is -2.87. The number of benzene rings is 2. The van der Waals surface area contributed by atoms with Crippen molar-refractivity contribution in [3.05, 3.63) is 58.6 Å². The topological polar surface area (TPSA) is 72.7 Å². The summed E-state index contributed by atoms with van der Waals surface area (Å²) in [7, 11) is 1.68. The van der Waals surface area contributed by atoms with E-state index in [-0.39, 0.29) is 10.6 Å². The van der Waals surface area contributed by atoms with Gasteiger partial charge in [0, 0.05) is 18.3 Å². The number of carbonyl (C=O) groups excluding carboxylic acids is 1. The van der Waals surface area contributed by atoms with E-state index in [0.717, 1.165) is 12.1 Å². The minimum absolute atomic E-state index is 0.165. The Bertz CT molecular complexity index is 928. The highest BCUT2D eigenvalue weighted by atomic mass is 35.5. The highest BCUT2D eigenvalue weighted by molar-refractivity contribution is 6.34. The first-order chi connectivity index (χ1) is 11.5. The van der Waals surface area contributed by atoms with Crippen molar-refractivity contribution in [2.45, 2.75) is 0 Å². The molecule has 0 bridgehead atoms. The molecule has 24 heavy (non-hydrogen) atoms. The number of carbonyl (C=O) groups is 1. The monoisotopic (exact) mass is 349 g/mol. The van der Waals surface area contributed by atoms with Crippen LogP contribution in [0.25, 0.3) is 11.4 Å². The molecule has 0 saturated carbocycles. The van der Waals surface area contributed by atoms with Gasteiger partial charge in [-0.15, -0.1) is 5.10 Å². The number of anilines is 1. The van der Waals surface area contributed by atoms with Crippen LogP contribution in [0.2, 0.25) is 5.02 Å². The zero-order valence-electron chi connectivity index (χ0n) is 12.3. The lowest BCUT2D eigenvalue weighted by molar-refractivity contribution is 0.102. The summed E-state index contributed by atoms with van der Waals surface area (Å²) in [4.78, 5) is 12.2. The third kappa shape index (κ3) is 3.09. The van der Waals surface area contributed by atoms with E-state index < -0.39 is 17.5 Å². The lowest BCUT2D eigenvalue weighted by atomic mass is 10.1. The van der Waals surface area contributed by atoms with Gasteiger partial charge in [0.2, 0.25) is 0 Å². The second kappa shape index (κ2) is 6.32. The second-order valence-corrected chi connectivity index (χ2v) is 5.31. The maximum absolute atomic E-state index is 13.3. The van der Waals surface area contributed by atoms with Gasteiger partial charge in [0.1, 0.15) is 0 Å². The molecule has 3 rings (SSSR count). The number of nitrogens with one attached hydrogen (secondary N) is 1. The van der Waals surface area contributed by atoms with Crippen LogP contribution >= 0.6 is 11.6 Å². The molecule has 0 fully saturated rings. The minimum atomic E-state index is -1.15. The Labute approximate surface area is 140 Å². The average molecular weight is 350 g/mol. The van der Waals surface area contributed by atoms with Gasteiger partial charge in [0.05, 0.1) is 10.6 Å². The standard InChI is InChI=1S/C15H10ClF2N5O/c1-23-14(20-21-22-23)8-3-2-4-9(5-8)19-15(24)10-6-12(17)13(18)7-11(10)16/h2-7H,1H3,(H,19,24). The summed E-state index contributed by atoms with van der Waals surface area (Å²) in [6.07, 6.45) is 0. The molecule has 0 spiro atoms. The second-order valence-electron chi connectivity index (χ2n) is 4.91. The third-order valence-electron chi connectivity index (χ3n) is 3.25. The number of halogens is 3. The van der Waals surface area contributed by atoms with Crippen molar-refractivity contribution in [2.24, 2.45) is 7.05 Å². The number of rotatable bonds is 3. The van der Waals surface area contributed by atoms with Gasteiger partial charge in [-0.1, -0.05) is 23.7 Å². The molecule has 0 aliphatic rings. The Morgan fingerprint density at radius 1 is 1.21 bits per heavy atom. The maximum Gasteiger partial charge on any atom is 0.257 e. The van der Waals surface area contributed by atoms with E-state index >= 15 is 0 Å². The fourth-order valence-corrected chi connectivity index (χ4v) is 2.34. The molecule has 1 N–H and O–H groups in total. The van der Waals surface area contributed by atoms with Gasteiger partial charge in [-0.05, 0) is 34.7 Å². The van der Waals surface area contributed by atoms with E-state index in [1.54, 1.807) is 31.3 Å². The Morgan fingerprint density at radius 3 is 2.67 bits per heavy atom. The van der Waals surface area contributed by atoms with E-state index in [0.29, 0.717) is 17.1 Å². The van der Waals surface area contributed by atoms with Crippen LogP contribution < -0.4 is 5.32 Å². The van der Waals surface area contributed by atoms with Crippen molar-refractivity contribution >= 4 is 23.2 Å². The quantitative estimate of drug-likeness (QED) is 0.738. The molecule has 0 radical (unpaired) electrons. The summed E-state index contributed by atoms with van der Waals surface area (Å²) < 4.78 is 27.9. The molecule has 0 atom stereocenters. The zero-order chi connectivity index (χ0) is 17.3. The first-order valence-electron chi connectivity index (χ1n) is 6.74. The van der Waals surface area contributed by atoms with Crippen molar-refractivity contribution in [1.29, 1.82) is 0 Å². The smallest absolute Gasteiger partial charge is 0.257 e. The van der Waals surface area contributed by atoms with Gasteiger partial charge in [-0.2, -0.15) is 0 Å². The summed E-state index contributed by atoms with van der Waals surface area (Å²) in [5.41, 5.74) is 0.944. The highest BCUT2D eigenvalue weighted by Crippen LogP contribution is 2.23. The first kappa shape index (κ1) is 16.0. The summed E-state index contributed by atoms with van der Waals surface area (Å²) in [5.74, 6) is -2.42. The number of tetrazole rings is 1. The van der Waals surface area contributed by atoms with Crippen LogP contribution in [0.1, 0.15) is 10.4 Å². The largest absolute Gasteiger partial charge is 0.322 e. The van der Waals surface area contributed by atoms with Gasteiger partial charge >= 0.3 is 0 Å². The average Bonchev–Trinajstić information content (AvgIpc) is 2.97. The summed E-state index contributed by atoms with van der Waals surface area (Å²) in [6.45, 7) is 0. The molecule has 0 unspecified atom stereocenters. The van der Waals surface area contributed by atoms with Crippen LogP contribution in [-0.4, -0.2) is 26.1 Å². The van der Waals surface area contributed by atoms with Crippen LogP contribution in [-0.2, 0) is 7.05 Å². The van der Waals surface area contributed by atoms with Gasteiger partial charge in [0.25, 0.3) is 5.91 Å². The fraction of sp³-hybridized carbons (Fsp3) is 0.0667. The van der Waals surface area contributed by atoms with Gasteiger partial charge in [-0.3, -0.25) is 4.79 Å². The normalized spacial score (nSPS) is 10.7. The summed E-state index contributed by atoms with van der Waals surface area (Å²) >= 11 is 5.80. The molecular formula is C15H10ClF2N5O. The van der Waals surface area contributed by atoms with Crippen molar-refractivity contribution in [2.75, 3.05) is 5.32 Å². The number of amides is 1. The molecule has 2 aromatic carbocycles. The van der Waals surface area contributed by atoms with Gasteiger partial charge in [0.15, 0.2) is 17.5 Å². The SMILES string of the molecule is Cn1nnnc1-c1cccc(NC(=O)c2cc(F)c(F)cc2Cl)c1. The van der Waals surface area contributed by atoms with Crippen LogP contribution in [0.4, 0.5) is 14.5 Å². The Balaban J connectivity index is 1.88. The van der Waals surface area contributed by atoms with E-state index in [9.17, 15) is 13.6 Å². The van der Waals surface area contributed by atoms with Crippen molar-refractivity contribution in [3.63, 3.8) is 0 Å². The summed E-state index contributed by atoms with van der Waals surface area (Å²) in [6, 6.07) is 8.27. The minimum Gasteiger partial charge on any atom is -0.322 e. The lowest BCUT2D eigenvalue weighted by Crippen LogP contribution is -2.13. The van der Waals surface area contributed by atoms with Crippen molar-refractivity contribution < 1.29 is 13.6 Å². The molecule has 1 aromatic heterocycles. The highest BCUT2D eigenvalue weighted by Gasteiger charge is 2.16. The van der Waals surface area contributed by atoms with Crippen molar-refractivity contribution in [1.82, 2.24) is 20.2 Å². The molecule has 3 aromatic rings. The van der Waals surface area contributed by atoms with Crippen LogP contribution in [0, 0.1) is 11.6 Å². The molecule has 0 aliphatic heterocycles. The molecule has 122 valence electrons. The fourth-order valence-electron chi connectivity index (χ4n) is 2.11. The predicted octanol–water partition coefficient (Wildman–Crippen LogP) is 3.06. The molecular weight excluding hydrogens is 340 g/mol. The Morgan fingerprint density at radius 2 is 1.96 bits per heavy atom. The molecule has 1 amide bonds. The lowest BCUT2D eigenvalue weighted by Gasteiger charge is -2.08. The van der Waals surface area contributed by atoms with Crippen LogP contribution in [0.3, 0.4) is 0 Å². The number of hydrogen-bond acceptors (Lipinski definition) is 4. The van der Waals surface area contributed by atoms with E-state index in [2.05, 4.69) is 20.8 Å². The maximum atomic E-state index is 13.3. The molecule has 1 heterocycles. The van der Waals surface area contributed by atoms with Crippen LogP contribution in [0.15, 0.2) is 36.4 Å². The number of aromatic nitrogens is 4. The molecule has 0 aliphatic carbocycles. The molecule has 6 nitrogen and oxygen atoms in total. The first-order valence-corrected chi connectivity index (χ1v) is 7.12. The van der Waals surface area contributed by atoms with Gasteiger partial charge < -0.3 is 5.32 Å². The Kier molecular flexibility index (Phi) is 4.22. The third-order valence-corrected chi connectivity index (χ3v) is 3.57. The van der Waals surface area contributed by atoms with Crippen LogP contribution in [0.5, 0.6) is 0 Å². The van der Waals surface area contributed by atoms with Crippen molar-refractivity contribution in [3.8, 4) is 11.4 Å². The number of hydrogen-bond donors (Lipinski definition) is 1. The van der Waals surface area contributed by atoms with Gasteiger partial charge in [-0.25, -0.2) is 13.5 Å². The van der Waals surface area contributed by atoms with E-state index in [1.807, 2.05) is 0 Å². The van der Waals surface area contributed by atoms with E-state index in [4.69, 9.17) is 11.6 Å². The predicted molar refractivity (Wildman–Crippen MR) is 83.6 cm³/mol.